The first kappa shape index (κ1) is 20.5. The van der Waals surface area contributed by atoms with Crippen molar-refractivity contribution in [1.82, 2.24) is 0 Å². The number of rotatable bonds is 5. The third kappa shape index (κ3) is 3.99. The van der Waals surface area contributed by atoms with Gasteiger partial charge in [0.15, 0.2) is 11.6 Å². The highest BCUT2D eigenvalue weighted by atomic mass is 16.5. The Kier molecular flexibility index (Phi) is 5.19. The number of hydrogen-bond acceptors (Lipinski definition) is 5. The Morgan fingerprint density at radius 1 is 0.935 bits per heavy atom. The number of ketones is 2. The van der Waals surface area contributed by atoms with Gasteiger partial charge in [-0.05, 0) is 23.9 Å². The van der Waals surface area contributed by atoms with E-state index in [1.54, 1.807) is 42.5 Å². The number of carbonyl (C=O) groups excluding carboxylic acids is 3. The summed E-state index contributed by atoms with van der Waals surface area (Å²) in [6.07, 6.45) is 1.66. The number of esters is 1. The Morgan fingerprint density at radius 3 is 2.39 bits per heavy atom. The second kappa shape index (κ2) is 7.84. The largest absolute Gasteiger partial charge is 0.506 e. The van der Waals surface area contributed by atoms with Gasteiger partial charge in [-0.1, -0.05) is 68.4 Å². The van der Waals surface area contributed by atoms with Gasteiger partial charge in [-0.2, -0.15) is 0 Å². The molecule has 31 heavy (non-hydrogen) atoms. The van der Waals surface area contributed by atoms with Gasteiger partial charge in [-0.25, -0.2) is 4.79 Å². The summed E-state index contributed by atoms with van der Waals surface area (Å²) >= 11 is 0. The molecule has 0 fully saturated rings. The number of phenolic OH excluding ortho intramolecular Hbond substituents is 1. The molecule has 0 aliphatic heterocycles. The predicted molar refractivity (Wildman–Crippen MR) is 117 cm³/mol. The molecule has 1 aliphatic rings. The first-order chi connectivity index (χ1) is 14.8. The van der Waals surface area contributed by atoms with Crippen molar-refractivity contribution in [3.63, 3.8) is 0 Å². The molecule has 3 aromatic rings. The molecule has 0 bridgehead atoms. The fourth-order valence-corrected chi connectivity index (χ4v) is 3.83. The van der Waals surface area contributed by atoms with Crippen LogP contribution >= 0.6 is 0 Å². The summed E-state index contributed by atoms with van der Waals surface area (Å²) in [5.41, 5.74) is 0.715. The zero-order chi connectivity index (χ0) is 22.2. The number of phenols is 1. The van der Waals surface area contributed by atoms with Crippen LogP contribution in [-0.4, -0.2) is 29.2 Å². The lowest BCUT2D eigenvalue weighted by Gasteiger charge is -2.26. The molecular formula is C26H22O5. The summed E-state index contributed by atoms with van der Waals surface area (Å²) in [6.45, 7) is 3.75. The topological polar surface area (TPSA) is 80.7 Å². The van der Waals surface area contributed by atoms with Crippen molar-refractivity contribution in [2.75, 3.05) is 6.61 Å². The molecule has 1 aliphatic carbocycles. The van der Waals surface area contributed by atoms with Crippen LogP contribution in [0.15, 0.2) is 72.3 Å². The van der Waals surface area contributed by atoms with E-state index in [1.165, 1.54) is 12.1 Å². The molecular weight excluding hydrogens is 392 g/mol. The number of allylic oxidation sites excluding steroid dienone is 2. The Bertz CT molecular complexity index is 1250. The van der Waals surface area contributed by atoms with Gasteiger partial charge in [0.2, 0.25) is 0 Å². The van der Waals surface area contributed by atoms with E-state index in [1.807, 2.05) is 26.0 Å². The molecule has 156 valence electrons. The van der Waals surface area contributed by atoms with Gasteiger partial charge in [-0.15, -0.1) is 0 Å². The van der Waals surface area contributed by atoms with Crippen LogP contribution < -0.4 is 0 Å². The Balaban J connectivity index is 1.48. The van der Waals surface area contributed by atoms with E-state index in [-0.39, 0.29) is 35.9 Å². The normalized spacial score (nSPS) is 13.7. The Hall–Kier alpha value is -3.73. The first-order valence-corrected chi connectivity index (χ1v) is 10.0. The van der Waals surface area contributed by atoms with Gasteiger partial charge in [0.05, 0.1) is 6.61 Å². The lowest BCUT2D eigenvalue weighted by atomic mass is 9.80. The van der Waals surface area contributed by atoms with Gasteiger partial charge in [0.25, 0.3) is 0 Å². The Morgan fingerprint density at radius 2 is 1.61 bits per heavy atom. The van der Waals surface area contributed by atoms with E-state index in [0.717, 1.165) is 5.39 Å². The summed E-state index contributed by atoms with van der Waals surface area (Å²) in [4.78, 5) is 37.8. The zero-order valence-corrected chi connectivity index (χ0v) is 17.3. The minimum Gasteiger partial charge on any atom is -0.506 e. The van der Waals surface area contributed by atoms with Crippen molar-refractivity contribution in [1.29, 1.82) is 0 Å². The molecule has 1 N–H and O–H groups in total. The van der Waals surface area contributed by atoms with Crippen molar-refractivity contribution in [3.8, 4) is 5.75 Å². The molecule has 0 spiro atoms. The van der Waals surface area contributed by atoms with Crippen LogP contribution in [0.1, 0.15) is 51.3 Å². The minimum absolute atomic E-state index is 0.0263. The number of ether oxygens (including phenoxy) is 1. The number of benzene rings is 3. The number of hydrogen-bond donors (Lipinski definition) is 1. The van der Waals surface area contributed by atoms with Crippen LogP contribution in [0.2, 0.25) is 0 Å². The highest BCUT2D eigenvalue weighted by Gasteiger charge is 2.31. The van der Waals surface area contributed by atoms with Gasteiger partial charge >= 0.3 is 5.97 Å². The molecule has 0 saturated heterocycles. The Labute approximate surface area is 180 Å². The maximum atomic E-state index is 12.8. The van der Waals surface area contributed by atoms with Crippen LogP contribution in [-0.2, 0) is 4.74 Å². The van der Waals surface area contributed by atoms with Gasteiger partial charge < -0.3 is 9.84 Å². The molecule has 0 aromatic heterocycles. The summed E-state index contributed by atoms with van der Waals surface area (Å²) in [6, 6.07) is 17.3. The van der Waals surface area contributed by atoms with Crippen LogP contribution in [0.3, 0.4) is 0 Å². The van der Waals surface area contributed by atoms with Crippen LogP contribution in [0.5, 0.6) is 5.75 Å². The van der Waals surface area contributed by atoms with E-state index in [9.17, 15) is 19.5 Å². The second-order valence-electron chi connectivity index (χ2n) is 8.51. The SMILES string of the molecule is CC(C)(COC(=O)c1ccc2ccccc2c1O)CC1=CC(=O)c2ccccc2C1=O. The molecule has 4 rings (SSSR count). The molecule has 0 saturated carbocycles. The maximum absolute atomic E-state index is 12.8. The quantitative estimate of drug-likeness (QED) is 0.586. The van der Waals surface area contributed by atoms with Crippen LogP contribution in [0.25, 0.3) is 10.8 Å². The average molecular weight is 414 g/mol. The van der Waals surface area contributed by atoms with Crippen molar-refractivity contribution < 1.29 is 24.2 Å². The molecule has 0 amide bonds. The maximum Gasteiger partial charge on any atom is 0.341 e. The number of aromatic hydroxyl groups is 1. The van der Waals surface area contributed by atoms with Crippen molar-refractivity contribution in [3.05, 3.63) is 89.0 Å². The highest BCUT2D eigenvalue weighted by molar-refractivity contribution is 6.24. The van der Waals surface area contributed by atoms with E-state index in [4.69, 9.17) is 4.74 Å². The standard InChI is InChI=1S/C26H22O5/c1-26(2,14-17-13-22(27)19-9-5-6-10-20(19)23(17)28)15-31-25(30)21-12-11-16-7-3-4-8-18(16)24(21)29/h3-13,29H,14-15H2,1-2H3. The van der Waals surface area contributed by atoms with Crippen LogP contribution in [0.4, 0.5) is 0 Å². The minimum atomic E-state index is -0.637. The van der Waals surface area contributed by atoms with E-state index >= 15 is 0 Å². The summed E-state index contributed by atoms with van der Waals surface area (Å²) in [5.74, 6) is -1.13. The van der Waals surface area contributed by atoms with Gasteiger partial charge in [-0.3, -0.25) is 9.59 Å². The summed E-state index contributed by atoms with van der Waals surface area (Å²) in [7, 11) is 0. The van der Waals surface area contributed by atoms with Gasteiger partial charge in [0, 0.05) is 27.5 Å². The highest BCUT2D eigenvalue weighted by Crippen LogP contribution is 2.33. The molecule has 5 nitrogen and oxygen atoms in total. The van der Waals surface area contributed by atoms with E-state index in [2.05, 4.69) is 0 Å². The van der Waals surface area contributed by atoms with E-state index < -0.39 is 11.4 Å². The fraction of sp³-hybridized carbons (Fsp3) is 0.192. The summed E-state index contributed by atoms with van der Waals surface area (Å²) < 4.78 is 5.47. The fourth-order valence-electron chi connectivity index (χ4n) is 3.83. The molecule has 5 heteroatoms. The monoisotopic (exact) mass is 414 g/mol. The zero-order valence-electron chi connectivity index (χ0n) is 17.3. The first-order valence-electron chi connectivity index (χ1n) is 10.0. The van der Waals surface area contributed by atoms with Crippen LogP contribution in [0, 0.1) is 5.41 Å². The number of carbonyl (C=O) groups is 3. The van der Waals surface area contributed by atoms with Crippen molar-refractivity contribution >= 4 is 28.3 Å². The molecule has 0 radical (unpaired) electrons. The van der Waals surface area contributed by atoms with E-state index in [0.29, 0.717) is 22.1 Å². The third-order valence-electron chi connectivity index (χ3n) is 5.42. The lowest BCUT2D eigenvalue weighted by Crippen LogP contribution is -2.26. The summed E-state index contributed by atoms with van der Waals surface area (Å²) in [5, 5.41) is 11.9. The molecule has 3 aromatic carbocycles. The lowest BCUT2D eigenvalue weighted by molar-refractivity contribution is 0.0338. The van der Waals surface area contributed by atoms with Crippen molar-refractivity contribution in [2.45, 2.75) is 20.3 Å². The second-order valence-corrected chi connectivity index (χ2v) is 8.51. The molecule has 0 heterocycles. The average Bonchev–Trinajstić information content (AvgIpc) is 2.76. The number of fused-ring (bicyclic) bond motifs is 2. The number of Topliss-reactive ketones (excluding diaryl/α,β-unsaturated/α-hetero) is 1. The smallest absolute Gasteiger partial charge is 0.341 e. The third-order valence-corrected chi connectivity index (χ3v) is 5.42. The molecule has 0 atom stereocenters. The van der Waals surface area contributed by atoms with Crippen molar-refractivity contribution in [2.24, 2.45) is 5.41 Å². The van der Waals surface area contributed by atoms with Gasteiger partial charge in [0.1, 0.15) is 11.3 Å². The molecule has 0 unspecified atom stereocenters. The predicted octanol–water partition coefficient (Wildman–Crippen LogP) is 5.12.